The van der Waals surface area contributed by atoms with Crippen LogP contribution in [-0.4, -0.2) is 203 Å². The Bertz CT molecular complexity index is 2070. The minimum atomic E-state index is -1.92. The number of carboxylic acid groups (broad SMARTS) is 1. The molecule has 0 aromatic carbocycles. The predicted octanol–water partition coefficient (Wildman–Crippen LogP) is -0.00280. The molecule has 12 N–H and O–H groups in total. The number of hydrogen-bond donors (Lipinski definition) is 12. The largest absolute Gasteiger partial charge is 0.479 e. The van der Waals surface area contributed by atoms with Gasteiger partial charge in [0.15, 0.2) is 25.0 Å². The van der Waals surface area contributed by atoms with E-state index >= 15 is 4.79 Å². The van der Waals surface area contributed by atoms with Gasteiger partial charge in [-0.2, -0.15) is 0 Å². The molecule has 6 aliphatic carbocycles. The Balaban J connectivity index is 0.937. The van der Waals surface area contributed by atoms with Crippen LogP contribution in [0, 0.1) is 56.7 Å². The van der Waals surface area contributed by atoms with Crippen LogP contribution in [0.3, 0.4) is 0 Å². The number of aliphatic hydroxyl groups excluding tert-OH is 11. The van der Waals surface area contributed by atoms with Crippen molar-refractivity contribution in [1.82, 2.24) is 0 Å². The Labute approximate surface area is 432 Å². The molecular formula is C53H84O21. The summed E-state index contributed by atoms with van der Waals surface area (Å²) in [5.74, 6) is -2.49. The number of esters is 1. The molecule has 3 aliphatic heterocycles. The first kappa shape index (κ1) is 56.7. The molecule has 27 atom stereocenters. The molecule has 0 unspecified atom stereocenters. The van der Waals surface area contributed by atoms with E-state index in [9.17, 15) is 66.1 Å². The Morgan fingerprint density at radius 3 is 2.00 bits per heavy atom. The molecule has 5 saturated carbocycles. The number of carbonyl (C=O) groups excluding carboxylic acids is 1. The van der Waals surface area contributed by atoms with Gasteiger partial charge in [0, 0.05) is 12.5 Å². The number of aliphatic hydroxyl groups is 11. The van der Waals surface area contributed by atoms with Crippen molar-refractivity contribution in [2.24, 2.45) is 56.7 Å². The van der Waals surface area contributed by atoms with E-state index in [-0.39, 0.29) is 52.9 Å². The van der Waals surface area contributed by atoms with Crippen LogP contribution in [0.1, 0.15) is 119 Å². The lowest BCUT2D eigenvalue weighted by atomic mass is 9.37. The topological polar surface area (TPSA) is 342 Å². The van der Waals surface area contributed by atoms with Gasteiger partial charge in [0.2, 0.25) is 0 Å². The summed E-state index contributed by atoms with van der Waals surface area (Å²) in [5, 5.41) is 128. The molecule has 21 heteroatoms. The molecule has 0 aromatic heterocycles. The van der Waals surface area contributed by atoms with Crippen molar-refractivity contribution >= 4 is 11.9 Å². The Morgan fingerprint density at radius 1 is 0.649 bits per heavy atom. The molecule has 0 radical (unpaired) electrons. The molecule has 8 fully saturated rings. The first-order chi connectivity index (χ1) is 34.6. The van der Waals surface area contributed by atoms with Crippen molar-refractivity contribution in [2.45, 2.75) is 236 Å². The van der Waals surface area contributed by atoms with Crippen LogP contribution in [0.15, 0.2) is 11.6 Å². The lowest BCUT2D eigenvalue weighted by molar-refractivity contribution is -0.363. The van der Waals surface area contributed by atoms with E-state index in [1.54, 1.807) is 0 Å². The number of ether oxygens (including phenoxy) is 7. The molecule has 9 rings (SSSR count). The predicted molar refractivity (Wildman–Crippen MR) is 255 cm³/mol. The zero-order chi connectivity index (χ0) is 53.9. The molecule has 422 valence electrons. The van der Waals surface area contributed by atoms with Crippen LogP contribution in [0.4, 0.5) is 0 Å². The van der Waals surface area contributed by atoms with Crippen molar-refractivity contribution in [3.8, 4) is 0 Å². The van der Waals surface area contributed by atoms with Gasteiger partial charge in [-0.3, -0.25) is 4.79 Å². The van der Waals surface area contributed by atoms with Gasteiger partial charge in [-0.1, -0.05) is 53.2 Å². The molecule has 3 saturated heterocycles. The third-order valence-corrected chi connectivity index (χ3v) is 20.7. The molecule has 3 heterocycles. The fraction of sp³-hybridized carbons (Fsp3) is 0.925. The minimum absolute atomic E-state index is 0.0495. The highest BCUT2D eigenvalue weighted by atomic mass is 16.7. The van der Waals surface area contributed by atoms with Gasteiger partial charge in [0.25, 0.3) is 0 Å². The van der Waals surface area contributed by atoms with E-state index in [2.05, 4.69) is 47.6 Å². The monoisotopic (exact) mass is 1060 g/mol. The smallest absolute Gasteiger partial charge is 0.335 e. The third kappa shape index (κ3) is 9.43. The maximum atomic E-state index is 15.2. The minimum Gasteiger partial charge on any atom is -0.479 e. The first-order valence-electron chi connectivity index (χ1n) is 27.1. The average Bonchev–Trinajstić information content (AvgIpc) is 3.34. The molecule has 0 amide bonds. The summed E-state index contributed by atoms with van der Waals surface area (Å²) >= 11 is 0. The quantitative estimate of drug-likeness (QED) is 0.0778. The summed E-state index contributed by atoms with van der Waals surface area (Å²) in [7, 11) is 0. The summed E-state index contributed by atoms with van der Waals surface area (Å²) in [4.78, 5) is 27.6. The van der Waals surface area contributed by atoms with E-state index < -0.39 is 152 Å². The Hall–Kier alpha value is -2.00. The van der Waals surface area contributed by atoms with Crippen LogP contribution in [0.2, 0.25) is 0 Å². The maximum Gasteiger partial charge on any atom is 0.335 e. The summed E-state index contributed by atoms with van der Waals surface area (Å²) < 4.78 is 41.8. The van der Waals surface area contributed by atoms with Crippen LogP contribution < -0.4 is 0 Å². The van der Waals surface area contributed by atoms with Gasteiger partial charge < -0.3 is 94.4 Å². The van der Waals surface area contributed by atoms with Gasteiger partial charge in [0.1, 0.15) is 73.2 Å². The fourth-order valence-electron chi connectivity index (χ4n) is 16.3. The van der Waals surface area contributed by atoms with Crippen LogP contribution >= 0.6 is 0 Å². The first-order valence-corrected chi connectivity index (χ1v) is 27.1. The van der Waals surface area contributed by atoms with Gasteiger partial charge in [-0.05, 0) is 123 Å². The van der Waals surface area contributed by atoms with Crippen molar-refractivity contribution < 1.29 is 104 Å². The molecule has 0 spiro atoms. The highest BCUT2D eigenvalue weighted by Gasteiger charge is 2.67. The maximum absolute atomic E-state index is 15.2. The van der Waals surface area contributed by atoms with E-state index in [1.807, 2.05) is 0 Å². The van der Waals surface area contributed by atoms with Gasteiger partial charge in [-0.15, -0.1) is 0 Å². The lowest BCUT2D eigenvalue weighted by Crippen LogP contribution is -2.66. The van der Waals surface area contributed by atoms with Crippen molar-refractivity contribution in [2.75, 3.05) is 13.2 Å². The fourth-order valence-corrected chi connectivity index (χ4v) is 16.3. The van der Waals surface area contributed by atoms with E-state index in [1.165, 1.54) is 12.5 Å². The molecule has 0 aromatic rings. The second-order valence-electron chi connectivity index (χ2n) is 25.7. The lowest BCUT2D eigenvalue weighted by Gasteiger charge is -2.68. The van der Waals surface area contributed by atoms with Gasteiger partial charge >= 0.3 is 11.9 Å². The number of hydrogen-bond acceptors (Lipinski definition) is 20. The molecule has 21 nitrogen and oxygen atoms in total. The van der Waals surface area contributed by atoms with Gasteiger partial charge in [-0.25, -0.2) is 4.79 Å². The van der Waals surface area contributed by atoms with E-state index in [4.69, 9.17) is 33.2 Å². The standard InChI is InChI=1S/C53H84O21/c1-22-32(56)35(59)38(62)46(69-22)73-42-39(63)43(44(65)66)74-47(40(42)64)71-31-12-14-52(7)29(50(31,4)5)11-13-51(6)25-10-15-53(17-16-49(2,3)19-26(53)24(25)8-9-30(51)52)48(67)70-28-18-23(20-54)33(57)36(60)41(28)72-45-37(61)34(58)27(55)21-68-45/h8,22-23,25-43,45-47,54-64H,9-21H2,1-7H3,(H,65,66)/t22-,23+,25+,26-,27+,28+,29-,30-,31-,32-,33+,34-,35+,36-,37+,38+,39-,40+,41-,42-,43-,45-,46-,47+,51-,52-,53+/m0/s1. The number of aliphatic carboxylic acids is 1. The van der Waals surface area contributed by atoms with Crippen LogP contribution in [0.25, 0.3) is 0 Å². The van der Waals surface area contributed by atoms with Crippen molar-refractivity contribution in [3.05, 3.63) is 11.6 Å². The zero-order valence-corrected chi connectivity index (χ0v) is 43.7. The molecule has 74 heavy (non-hydrogen) atoms. The number of carboxylic acids is 1. The van der Waals surface area contributed by atoms with Crippen molar-refractivity contribution in [1.29, 1.82) is 0 Å². The zero-order valence-electron chi connectivity index (χ0n) is 43.7. The Kier molecular flexibility index (Phi) is 15.8. The van der Waals surface area contributed by atoms with Crippen molar-refractivity contribution in [3.63, 3.8) is 0 Å². The molecule has 0 bridgehead atoms. The molecular weight excluding hydrogens is 973 g/mol. The van der Waals surface area contributed by atoms with Crippen LogP contribution in [-0.2, 0) is 42.7 Å². The second-order valence-corrected chi connectivity index (χ2v) is 25.7. The summed E-state index contributed by atoms with van der Waals surface area (Å²) in [5.41, 5.74) is -0.633. The second kappa shape index (κ2) is 20.6. The molecule has 9 aliphatic rings. The van der Waals surface area contributed by atoms with E-state index in [0.717, 1.165) is 44.9 Å². The highest BCUT2D eigenvalue weighted by Crippen LogP contribution is 2.72. The number of carbonyl (C=O) groups is 2. The average molecular weight is 1060 g/mol. The van der Waals surface area contributed by atoms with Crippen LogP contribution in [0.5, 0.6) is 0 Å². The number of fused-ring (bicyclic) bond motifs is 7. The van der Waals surface area contributed by atoms with Gasteiger partial charge in [0.05, 0.1) is 30.3 Å². The summed E-state index contributed by atoms with van der Waals surface area (Å²) in [6.07, 6.45) is -19.3. The normalized spacial score (nSPS) is 53.0. The third-order valence-electron chi connectivity index (χ3n) is 20.7. The number of allylic oxidation sites excluding steroid dienone is 2. The Morgan fingerprint density at radius 2 is 1.31 bits per heavy atom. The van der Waals surface area contributed by atoms with E-state index in [0.29, 0.717) is 19.3 Å². The summed E-state index contributed by atoms with van der Waals surface area (Å²) in [6.45, 7) is 14.1. The SMILES string of the molecule is C[C@@H]1O[C@@H](O[C@@H]2[C@@H](O)[C@H](O[C@H]3CC[C@]4(C)[C@H]5CC=C6[C@@H](CC[C@@]7(C(=O)O[C@@H]8C[C@H](CO)[C@@H](O)[C@H](O)[C@H]8O[C@@H]8OC[C@@H](O)[C@H](O)[C@H]8O)CCC(C)(C)C[C@@H]67)[C@]5(C)CC[C@H]4C3(C)C)O[C@H](C(=O)O)[C@H]2O)[C@H](O)[C@H](O)[C@H]1O. The summed E-state index contributed by atoms with van der Waals surface area (Å²) in [6, 6.07) is 0. The highest BCUT2D eigenvalue weighted by molar-refractivity contribution is 5.79. The number of rotatable bonds is 10.